The van der Waals surface area contributed by atoms with Crippen LogP contribution in [0.25, 0.3) is 0 Å². The molecule has 0 spiro atoms. The van der Waals surface area contributed by atoms with Crippen molar-refractivity contribution in [1.29, 1.82) is 0 Å². The minimum absolute atomic E-state index is 0.160. The second-order valence-electron chi connectivity index (χ2n) is 7.47. The number of aromatic nitrogens is 1. The fourth-order valence-corrected chi connectivity index (χ4v) is 4.24. The summed E-state index contributed by atoms with van der Waals surface area (Å²) in [7, 11) is -3.48. The Labute approximate surface area is 164 Å². The number of hydrogen-bond acceptors (Lipinski definition) is 4. The molecule has 2 aromatic rings. The van der Waals surface area contributed by atoms with Crippen LogP contribution in [0.3, 0.4) is 0 Å². The molecule has 1 heterocycles. The Bertz CT molecular complexity index is 1040. The number of pyridine rings is 1. The number of anilines is 1. The molecule has 0 fully saturated rings. The van der Waals surface area contributed by atoms with E-state index >= 15 is 0 Å². The molecule has 8 heteroatoms. The number of carbonyl (C=O) groups excluding carboxylic acids is 1. The largest absolute Gasteiger partial charge is 0.369 e. The molecule has 28 heavy (non-hydrogen) atoms. The number of primary amides is 1. The van der Waals surface area contributed by atoms with E-state index in [1.807, 2.05) is 19.1 Å². The molecule has 0 saturated carbocycles. The van der Waals surface area contributed by atoms with Crippen LogP contribution in [-0.2, 0) is 27.7 Å². The number of carbonyl (C=O) groups is 1. The predicted octanol–water partition coefficient (Wildman–Crippen LogP) is 2.64. The zero-order valence-electron chi connectivity index (χ0n) is 16.1. The van der Waals surface area contributed by atoms with Gasteiger partial charge in [0.25, 0.3) is 0 Å². The van der Waals surface area contributed by atoms with Crippen LogP contribution in [-0.4, -0.2) is 25.6 Å². The van der Waals surface area contributed by atoms with Crippen molar-refractivity contribution in [2.75, 3.05) is 11.0 Å². The monoisotopic (exact) mass is 405 g/mol. The number of nitrogens with one attached hydrogen (secondary N) is 1. The standard InChI is InChI=1S/C20H24FN3O3S/c1-11-8-15(16(21)10-19(11)24-28(3,26)27)12(2)17-6-4-13-9-14(20(22)25)5-7-18(13)23-17/h4,6,8,10,12,14,24H,5,7,9H2,1-3H3,(H2,22,25)/t12-,14?/m1/s1. The number of hydrogen-bond donors (Lipinski definition) is 2. The van der Waals surface area contributed by atoms with Crippen molar-refractivity contribution in [3.05, 3.63) is 58.2 Å². The second kappa shape index (κ2) is 7.50. The summed E-state index contributed by atoms with van der Waals surface area (Å²) in [4.78, 5) is 16.1. The van der Waals surface area contributed by atoms with Crippen molar-refractivity contribution in [3.8, 4) is 0 Å². The van der Waals surface area contributed by atoms with Gasteiger partial charge >= 0.3 is 0 Å². The van der Waals surface area contributed by atoms with Crippen molar-refractivity contribution in [1.82, 2.24) is 4.98 Å². The van der Waals surface area contributed by atoms with Crippen molar-refractivity contribution in [2.45, 2.75) is 39.0 Å². The number of benzene rings is 1. The van der Waals surface area contributed by atoms with Crippen LogP contribution in [0.15, 0.2) is 24.3 Å². The highest BCUT2D eigenvalue weighted by atomic mass is 32.2. The highest BCUT2D eigenvalue weighted by Gasteiger charge is 2.25. The highest BCUT2D eigenvalue weighted by molar-refractivity contribution is 7.92. The SMILES string of the molecule is Cc1cc([C@@H](C)c2ccc3c(n2)CCC(C(N)=O)C3)c(F)cc1NS(C)(=O)=O. The lowest BCUT2D eigenvalue weighted by atomic mass is 9.85. The minimum atomic E-state index is -3.48. The fourth-order valence-electron chi connectivity index (χ4n) is 3.62. The second-order valence-corrected chi connectivity index (χ2v) is 9.22. The van der Waals surface area contributed by atoms with Gasteiger partial charge < -0.3 is 5.73 Å². The van der Waals surface area contributed by atoms with Gasteiger partial charge in [-0.2, -0.15) is 0 Å². The summed E-state index contributed by atoms with van der Waals surface area (Å²) in [6.07, 6.45) is 2.96. The summed E-state index contributed by atoms with van der Waals surface area (Å²) in [6, 6.07) is 6.65. The Hall–Kier alpha value is -2.48. The zero-order chi connectivity index (χ0) is 20.6. The smallest absolute Gasteiger partial charge is 0.229 e. The van der Waals surface area contributed by atoms with Gasteiger partial charge in [-0.3, -0.25) is 14.5 Å². The summed E-state index contributed by atoms with van der Waals surface area (Å²) in [6.45, 7) is 3.60. The molecule has 1 aromatic heterocycles. The van der Waals surface area contributed by atoms with E-state index in [9.17, 15) is 17.6 Å². The molecule has 0 bridgehead atoms. The van der Waals surface area contributed by atoms with Gasteiger partial charge in [-0.25, -0.2) is 12.8 Å². The third-order valence-corrected chi connectivity index (χ3v) is 5.83. The lowest BCUT2D eigenvalue weighted by molar-refractivity contribution is -0.122. The van der Waals surface area contributed by atoms with Gasteiger partial charge in [0.1, 0.15) is 5.82 Å². The first-order valence-electron chi connectivity index (χ1n) is 9.11. The number of aryl methyl sites for hydroxylation is 2. The molecular weight excluding hydrogens is 381 g/mol. The van der Waals surface area contributed by atoms with Crippen molar-refractivity contribution < 1.29 is 17.6 Å². The Balaban J connectivity index is 1.90. The molecule has 1 aromatic carbocycles. The number of halogens is 1. The number of nitrogens with zero attached hydrogens (tertiary/aromatic N) is 1. The summed E-state index contributed by atoms with van der Waals surface area (Å²) in [5, 5.41) is 0. The average molecular weight is 405 g/mol. The number of fused-ring (bicyclic) bond motifs is 1. The molecule has 1 unspecified atom stereocenters. The van der Waals surface area contributed by atoms with Crippen LogP contribution >= 0.6 is 0 Å². The van der Waals surface area contributed by atoms with E-state index in [2.05, 4.69) is 4.72 Å². The molecule has 0 radical (unpaired) electrons. The van der Waals surface area contributed by atoms with E-state index in [-0.39, 0.29) is 23.4 Å². The van der Waals surface area contributed by atoms with E-state index in [1.54, 1.807) is 13.0 Å². The molecule has 1 aliphatic rings. The van der Waals surface area contributed by atoms with Gasteiger partial charge in [0.15, 0.2) is 0 Å². The lowest BCUT2D eigenvalue weighted by Gasteiger charge is -2.23. The molecule has 1 amide bonds. The van der Waals surface area contributed by atoms with Crippen molar-refractivity contribution in [3.63, 3.8) is 0 Å². The maximum Gasteiger partial charge on any atom is 0.229 e. The van der Waals surface area contributed by atoms with Gasteiger partial charge in [0, 0.05) is 23.2 Å². The van der Waals surface area contributed by atoms with Crippen LogP contribution in [0.1, 0.15) is 47.3 Å². The van der Waals surface area contributed by atoms with Gasteiger partial charge in [0.05, 0.1) is 11.9 Å². The number of nitrogens with two attached hydrogens (primary N) is 1. The Morgan fingerprint density at radius 3 is 2.71 bits per heavy atom. The van der Waals surface area contributed by atoms with E-state index in [0.29, 0.717) is 30.4 Å². The summed E-state index contributed by atoms with van der Waals surface area (Å²) in [5.74, 6) is -1.24. The zero-order valence-corrected chi connectivity index (χ0v) is 16.9. The molecule has 2 atom stereocenters. The Kier molecular flexibility index (Phi) is 5.43. The summed E-state index contributed by atoms with van der Waals surface area (Å²) < 4.78 is 39.9. The van der Waals surface area contributed by atoms with E-state index in [4.69, 9.17) is 10.7 Å². The van der Waals surface area contributed by atoms with Crippen molar-refractivity contribution in [2.24, 2.45) is 11.7 Å². The molecule has 1 aliphatic carbocycles. The average Bonchev–Trinajstić information content (AvgIpc) is 2.61. The molecule has 6 nitrogen and oxygen atoms in total. The molecule has 150 valence electrons. The molecule has 3 N–H and O–H groups in total. The van der Waals surface area contributed by atoms with E-state index in [1.165, 1.54) is 6.07 Å². The Morgan fingerprint density at radius 2 is 2.07 bits per heavy atom. The molecule has 0 saturated heterocycles. The predicted molar refractivity (Wildman–Crippen MR) is 106 cm³/mol. The number of rotatable bonds is 5. The minimum Gasteiger partial charge on any atom is -0.369 e. The number of sulfonamides is 1. The Morgan fingerprint density at radius 1 is 1.36 bits per heavy atom. The van der Waals surface area contributed by atoms with Gasteiger partial charge in [0.2, 0.25) is 15.9 Å². The van der Waals surface area contributed by atoms with Crippen LogP contribution in [0.4, 0.5) is 10.1 Å². The van der Waals surface area contributed by atoms with Crippen LogP contribution in [0.5, 0.6) is 0 Å². The highest BCUT2D eigenvalue weighted by Crippen LogP contribution is 2.32. The maximum absolute atomic E-state index is 14.7. The van der Waals surface area contributed by atoms with Crippen LogP contribution in [0, 0.1) is 18.7 Å². The number of amides is 1. The van der Waals surface area contributed by atoms with E-state index in [0.717, 1.165) is 23.2 Å². The lowest BCUT2D eigenvalue weighted by Crippen LogP contribution is -2.29. The topological polar surface area (TPSA) is 102 Å². The summed E-state index contributed by atoms with van der Waals surface area (Å²) in [5.41, 5.74) is 9.40. The first-order valence-corrected chi connectivity index (χ1v) is 11.0. The van der Waals surface area contributed by atoms with Gasteiger partial charge in [-0.1, -0.05) is 19.1 Å². The fraction of sp³-hybridized carbons (Fsp3) is 0.400. The third kappa shape index (κ3) is 4.32. The first kappa shape index (κ1) is 20.3. The first-order chi connectivity index (χ1) is 13.0. The van der Waals surface area contributed by atoms with Crippen LogP contribution < -0.4 is 10.5 Å². The van der Waals surface area contributed by atoms with Gasteiger partial charge in [-0.05, 0) is 55.0 Å². The molecule has 0 aliphatic heterocycles. The molecule has 3 rings (SSSR count). The van der Waals surface area contributed by atoms with Crippen molar-refractivity contribution >= 4 is 21.6 Å². The van der Waals surface area contributed by atoms with Crippen LogP contribution in [0.2, 0.25) is 0 Å². The summed E-state index contributed by atoms with van der Waals surface area (Å²) >= 11 is 0. The molecular formula is C20H24FN3O3S. The van der Waals surface area contributed by atoms with Gasteiger partial charge in [-0.15, -0.1) is 0 Å². The quantitative estimate of drug-likeness (QED) is 0.798. The normalized spacial score (nSPS) is 17.6. The van der Waals surface area contributed by atoms with E-state index < -0.39 is 15.8 Å². The third-order valence-electron chi connectivity index (χ3n) is 5.24. The maximum atomic E-state index is 14.7.